The summed E-state index contributed by atoms with van der Waals surface area (Å²) in [5.74, 6) is 0.294. The van der Waals surface area contributed by atoms with Gasteiger partial charge in [0.25, 0.3) is 0 Å². The summed E-state index contributed by atoms with van der Waals surface area (Å²) >= 11 is 0. The van der Waals surface area contributed by atoms with Crippen LogP contribution in [0.3, 0.4) is 0 Å². The van der Waals surface area contributed by atoms with E-state index in [0.29, 0.717) is 28.0 Å². The van der Waals surface area contributed by atoms with E-state index in [1.165, 1.54) is 20.2 Å². The Balaban J connectivity index is 1.99. The van der Waals surface area contributed by atoms with E-state index in [1.807, 2.05) is 6.92 Å². The van der Waals surface area contributed by atoms with Crippen LogP contribution in [0.25, 0.3) is 15.7 Å². The van der Waals surface area contributed by atoms with Crippen LogP contribution in [0.4, 0.5) is 10.5 Å². The summed E-state index contributed by atoms with van der Waals surface area (Å²) < 4.78 is 39.8. The zero-order valence-electron chi connectivity index (χ0n) is 17.5. The van der Waals surface area contributed by atoms with E-state index in [-0.39, 0.29) is 12.1 Å². The van der Waals surface area contributed by atoms with Gasteiger partial charge < -0.3 is 19.2 Å². The van der Waals surface area contributed by atoms with Crippen molar-refractivity contribution in [3.63, 3.8) is 0 Å². The Morgan fingerprint density at radius 2 is 1.90 bits per heavy atom. The first kappa shape index (κ1) is 22.3. The molecule has 0 aliphatic carbocycles. The highest BCUT2D eigenvalue weighted by Crippen LogP contribution is 2.29. The van der Waals surface area contributed by atoms with E-state index in [0.717, 1.165) is 10.9 Å². The molecule has 0 saturated heterocycles. The lowest BCUT2D eigenvalue weighted by molar-refractivity contribution is 0.202. The fraction of sp³-hybridized carbons (Fsp3) is 0.238. The van der Waals surface area contributed by atoms with Gasteiger partial charge in [0.1, 0.15) is 11.3 Å². The SMILES string of the molecule is CNC(=O)Oc1cc2oc(=O)c(Cc3cccc([N-]S(=O)(=O)NC)c3)c(C)c2cc1C. The third-order valence-electron chi connectivity index (χ3n) is 4.76. The molecule has 1 amide bonds. The molecule has 0 saturated carbocycles. The van der Waals surface area contributed by atoms with Crippen LogP contribution < -0.4 is 20.4 Å². The van der Waals surface area contributed by atoms with Gasteiger partial charge in [-0.05, 0) is 43.7 Å². The van der Waals surface area contributed by atoms with E-state index >= 15 is 0 Å². The number of amides is 1. The highest BCUT2D eigenvalue weighted by Gasteiger charge is 2.15. The summed E-state index contributed by atoms with van der Waals surface area (Å²) in [6, 6.07) is 9.92. The van der Waals surface area contributed by atoms with Gasteiger partial charge in [-0.1, -0.05) is 24.3 Å². The Morgan fingerprint density at radius 1 is 1.16 bits per heavy atom. The lowest BCUT2D eigenvalue weighted by Gasteiger charge is -2.21. The number of aryl methyl sites for hydroxylation is 2. The second-order valence-electron chi connectivity index (χ2n) is 6.86. The second-order valence-corrected chi connectivity index (χ2v) is 8.40. The molecule has 0 aliphatic rings. The molecule has 0 aliphatic heterocycles. The topological polar surface area (TPSA) is 129 Å². The maximum absolute atomic E-state index is 12.7. The van der Waals surface area contributed by atoms with Crippen LogP contribution in [0.1, 0.15) is 22.3 Å². The lowest BCUT2D eigenvalue weighted by Crippen LogP contribution is -2.22. The molecule has 9 nitrogen and oxygen atoms in total. The minimum absolute atomic E-state index is 0.239. The lowest BCUT2D eigenvalue weighted by atomic mass is 9.98. The quantitative estimate of drug-likeness (QED) is 0.562. The number of fused-ring (bicyclic) bond motifs is 1. The molecule has 2 N–H and O–H groups in total. The van der Waals surface area contributed by atoms with Crippen molar-refractivity contribution in [2.75, 3.05) is 14.1 Å². The minimum atomic E-state index is -3.77. The third kappa shape index (κ3) is 5.04. The number of hydrogen-bond acceptors (Lipinski definition) is 6. The molecule has 31 heavy (non-hydrogen) atoms. The van der Waals surface area contributed by atoms with Crippen LogP contribution in [0.2, 0.25) is 0 Å². The second kappa shape index (κ2) is 8.78. The molecular weight excluding hydrogens is 422 g/mol. The zero-order valence-corrected chi connectivity index (χ0v) is 18.3. The van der Waals surface area contributed by atoms with Crippen LogP contribution in [-0.4, -0.2) is 28.6 Å². The fourth-order valence-electron chi connectivity index (χ4n) is 3.10. The number of carbonyl (C=O) groups excluding carboxylic acids is 1. The van der Waals surface area contributed by atoms with E-state index in [1.54, 1.807) is 37.3 Å². The molecule has 2 aromatic carbocycles. The van der Waals surface area contributed by atoms with Crippen molar-refractivity contribution in [3.05, 3.63) is 73.8 Å². The van der Waals surface area contributed by atoms with Crippen molar-refractivity contribution in [3.8, 4) is 5.75 Å². The predicted molar refractivity (Wildman–Crippen MR) is 117 cm³/mol. The standard InChI is InChI=1S/C21H22N3O6S/c1-12-8-16-13(2)17(20(25)29-19(16)11-18(12)30-21(26)22-3)10-14-6-5-7-15(9-14)24-31(27,28)23-4/h5-9,11,23H,10H2,1-4H3,(H,22,26)/q-1. The van der Waals surface area contributed by atoms with Gasteiger partial charge in [-0.2, -0.15) is 0 Å². The van der Waals surface area contributed by atoms with Gasteiger partial charge in [0.2, 0.25) is 0 Å². The van der Waals surface area contributed by atoms with Gasteiger partial charge in [0.15, 0.2) is 10.2 Å². The largest absolute Gasteiger partial charge is 0.564 e. The van der Waals surface area contributed by atoms with Crippen molar-refractivity contribution >= 4 is 33.0 Å². The summed E-state index contributed by atoms with van der Waals surface area (Å²) in [4.78, 5) is 24.2. The Hall–Kier alpha value is -3.37. The Bertz CT molecular complexity index is 1310. The number of carbonyl (C=O) groups is 1. The molecule has 164 valence electrons. The molecule has 0 fully saturated rings. The first-order valence-corrected chi connectivity index (χ1v) is 10.8. The van der Waals surface area contributed by atoms with Crippen LogP contribution in [0.15, 0.2) is 45.6 Å². The Kier molecular flexibility index (Phi) is 6.32. The number of nitrogens with one attached hydrogen (secondary N) is 2. The summed E-state index contributed by atoms with van der Waals surface area (Å²) in [6.45, 7) is 3.60. The summed E-state index contributed by atoms with van der Waals surface area (Å²) in [6.07, 6.45) is -0.383. The van der Waals surface area contributed by atoms with E-state index in [9.17, 15) is 18.0 Å². The normalized spacial score (nSPS) is 11.4. The average molecular weight is 444 g/mol. The number of nitrogens with zero attached hydrogens (tertiary/aromatic N) is 1. The summed E-state index contributed by atoms with van der Waals surface area (Å²) in [5, 5.41) is 3.08. The van der Waals surface area contributed by atoms with Crippen LogP contribution in [0, 0.1) is 13.8 Å². The van der Waals surface area contributed by atoms with Gasteiger partial charge in [0, 0.05) is 30.5 Å². The summed E-state index contributed by atoms with van der Waals surface area (Å²) in [7, 11) is -1.05. The molecule has 0 spiro atoms. The molecule has 0 radical (unpaired) electrons. The minimum Gasteiger partial charge on any atom is -0.564 e. The number of rotatable bonds is 6. The molecule has 3 aromatic rings. The molecule has 3 rings (SSSR count). The fourth-order valence-corrected chi connectivity index (χ4v) is 3.58. The van der Waals surface area contributed by atoms with E-state index in [4.69, 9.17) is 9.15 Å². The first-order valence-electron chi connectivity index (χ1n) is 9.35. The third-order valence-corrected chi connectivity index (χ3v) is 5.73. The van der Waals surface area contributed by atoms with Gasteiger partial charge in [-0.3, -0.25) is 0 Å². The van der Waals surface area contributed by atoms with Crippen molar-refractivity contribution in [1.29, 1.82) is 0 Å². The van der Waals surface area contributed by atoms with Crippen molar-refractivity contribution in [2.45, 2.75) is 20.3 Å². The van der Waals surface area contributed by atoms with Gasteiger partial charge in [-0.15, -0.1) is 5.69 Å². The molecule has 0 unspecified atom stereocenters. The van der Waals surface area contributed by atoms with E-state index in [2.05, 4.69) is 14.8 Å². The van der Waals surface area contributed by atoms with Gasteiger partial charge in [-0.25, -0.2) is 22.7 Å². The van der Waals surface area contributed by atoms with Crippen molar-refractivity contribution in [1.82, 2.24) is 10.0 Å². The van der Waals surface area contributed by atoms with Gasteiger partial charge >= 0.3 is 11.7 Å². The van der Waals surface area contributed by atoms with Crippen LogP contribution in [0.5, 0.6) is 5.75 Å². The number of hydrogen-bond donors (Lipinski definition) is 2. The van der Waals surface area contributed by atoms with Crippen LogP contribution >= 0.6 is 0 Å². The van der Waals surface area contributed by atoms with Crippen LogP contribution in [-0.2, 0) is 16.6 Å². The molecule has 10 heteroatoms. The number of benzene rings is 2. The van der Waals surface area contributed by atoms with Crippen molar-refractivity contribution in [2.24, 2.45) is 0 Å². The maximum Gasteiger partial charge on any atom is 0.412 e. The molecule has 0 bridgehead atoms. The maximum atomic E-state index is 12.7. The molecule has 1 aromatic heterocycles. The number of ether oxygens (including phenoxy) is 1. The zero-order chi connectivity index (χ0) is 22.8. The smallest absolute Gasteiger partial charge is 0.412 e. The average Bonchev–Trinajstić information content (AvgIpc) is 2.72. The summed E-state index contributed by atoms with van der Waals surface area (Å²) in [5.41, 5.74) is 2.62. The predicted octanol–water partition coefficient (Wildman–Crippen LogP) is 3.19. The molecular formula is C21H22N3O6S-. The molecule has 1 heterocycles. The Labute approximate surface area is 179 Å². The van der Waals surface area contributed by atoms with Gasteiger partial charge in [0.05, 0.1) is 0 Å². The monoisotopic (exact) mass is 444 g/mol. The highest BCUT2D eigenvalue weighted by molar-refractivity contribution is 7.92. The molecule has 0 atom stereocenters. The Morgan fingerprint density at radius 3 is 2.58 bits per heavy atom. The first-order chi connectivity index (χ1) is 14.6. The van der Waals surface area contributed by atoms with E-state index < -0.39 is 21.9 Å². The van der Waals surface area contributed by atoms with Crippen molar-refractivity contribution < 1.29 is 22.4 Å². The highest BCUT2D eigenvalue weighted by atomic mass is 32.2.